The third-order valence-electron chi connectivity index (χ3n) is 4.10. The van der Waals surface area contributed by atoms with Gasteiger partial charge in [0.2, 0.25) is 5.83 Å². The minimum absolute atomic E-state index is 0.170. The number of carbonyl (C=O) groups excluding carboxylic acids is 2. The van der Waals surface area contributed by atoms with Crippen molar-refractivity contribution in [3.63, 3.8) is 0 Å². The summed E-state index contributed by atoms with van der Waals surface area (Å²) >= 11 is 0. The van der Waals surface area contributed by atoms with E-state index in [4.69, 9.17) is 4.74 Å². The van der Waals surface area contributed by atoms with Gasteiger partial charge in [-0.05, 0) is 23.0 Å². The number of esters is 2. The van der Waals surface area contributed by atoms with E-state index in [1.807, 2.05) is 44.2 Å². The zero-order valence-corrected chi connectivity index (χ0v) is 13.1. The number of hydrogen-bond donors (Lipinski definition) is 0. The van der Waals surface area contributed by atoms with Gasteiger partial charge in [-0.3, -0.25) is 4.79 Å². The molecule has 0 heterocycles. The summed E-state index contributed by atoms with van der Waals surface area (Å²) in [5.74, 6) is -3.41. The Balaban J connectivity index is 1.97. The largest absolute Gasteiger partial charge is 0.461 e. The number of halogens is 1. The predicted molar refractivity (Wildman–Crippen MR) is 82.5 cm³/mol. The number of ether oxygens (including phenoxy) is 2. The minimum Gasteiger partial charge on any atom is -0.461 e. The van der Waals surface area contributed by atoms with Crippen LogP contribution in [-0.2, 0) is 25.7 Å². The molecule has 1 aliphatic carbocycles. The highest BCUT2D eigenvalue weighted by molar-refractivity contribution is 5.87. The summed E-state index contributed by atoms with van der Waals surface area (Å²) in [6.07, 6.45) is 1.99. The molecule has 2 rings (SSSR count). The Morgan fingerprint density at radius 3 is 2.57 bits per heavy atom. The van der Waals surface area contributed by atoms with Crippen LogP contribution in [0.25, 0.3) is 0 Å². The molecule has 0 unspecified atom stereocenters. The SMILES string of the molecule is C=COC(=O)C(F)=C[C@H]1[C@@H](C(=O)OCc2ccccc2)C1(C)C. The van der Waals surface area contributed by atoms with Crippen molar-refractivity contribution in [2.75, 3.05) is 0 Å². The summed E-state index contributed by atoms with van der Waals surface area (Å²) < 4.78 is 23.3. The van der Waals surface area contributed by atoms with Gasteiger partial charge in [0.25, 0.3) is 0 Å². The molecule has 4 nitrogen and oxygen atoms in total. The first-order valence-electron chi connectivity index (χ1n) is 7.27. The zero-order chi connectivity index (χ0) is 17.0. The Hall–Kier alpha value is -2.43. The Bertz CT molecular complexity index is 634. The van der Waals surface area contributed by atoms with Gasteiger partial charge in [-0.1, -0.05) is 50.8 Å². The number of benzene rings is 1. The molecular formula is C18H19FO4. The van der Waals surface area contributed by atoms with Crippen LogP contribution in [0.15, 0.2) is 55.1 Å². The van der Waals surface area contributed by atoms with E-state index in [-0.39, 0.29) is 6.61 Å². The van der Waals surface area contributed by atoms with Gasteiger partial charge in [0, 0.05) is 0 Å². The molecule has 1 saturated carbocycles. The van der Waals surface area contributed by atoms with Crippen molar-refractivity contribution < 1.29 is 23.5 Å². The lowest BCUT2D eigenvalue weighted by Crippen LogP contribution is -2.10. The maximum atomic E-state index is 13.7. The fourth-order valence-corrected chi connectivity index (χ4v) is 2.62. The normalized spacial score (nSPS) is 22.1. The van der Waals surface area contributed by atoms with Gasteiger partial charge < -0.3 is 9.47 Å². The van der Waals surface area contributed by atoms with Crippen LogP contribution in [-0.4, -0.2) is 11.9 Å². The Labute approximate surface area is 134 Å². The smallest absolute Gasteiger partial charge is 0.371 e. The summed E-state index contributed by atoms with van der Waals surface area (Å²) in [4.78, 5) is 23.4. The van der Waals surface area contributed by atoms with E-state index in [0.29, 0.717) is 0 Å². The van der Waals surface area contributed by atoms with Gasteiger partial charge in [-0.15, -0.1) is 0 Å². The van der Waals surface area contributed by atoms with Crippen LogP contribution in [0.5, 0.6) is 0 Å². The predicted octanol–water partition coefficient (Wildman–Crippen LogP) is 3.54. The molecule has 1 aliphatic rings. The molecule has 2 atom stereocenters. The fraction of sp³-hybridized carbons (Fsp3) is 0.333. The lowest BCUT2D eigenvalue weighted by Gasteiger charge is -2.05. The fourth-order valence-electron chi connectivity index (χ4n) is 2.62. The van der Waals surface area contributed by atoms with Crippen molar-refractivity contribution in [1.29, 1.82) is 0 Å². The molecule has 5 heteroatoms. The molecule has 1 fully saturated rings. The minimum atomic E-state index is -1.11. The molecule has 1 aromatic carbocycles. The maximum absolute atomic E-state index is 13.7. The Kier molecular flexibility index (Phi) is 4.98. The summed E-state index contributed by atoms with van der Waals surface area (Å²) in [6, 6.07) is 9.30. The van der Waals surface area contributed by atoms with Crippen molar-refractivity contribution in [3.8, 4) is 0 Å². The highest BCUT2D eigenvalue weighted by Crippen LogP contribution is 2.60. The van der Waals surface area contributed by atoms with E-state index >= 15 is 0 Å². The number of rotatable bonds is 6. The average molecular weight is 318 g/mol. The van der Waals surface area contributed by atoms with Crippen molar-refractivity contribution in [1.82, 2.24) is 0 Å². The van der Waals surface area contributed by atoms with Crippen molar-refractivity contribution in [2.24, 2.45) is 17.3 Å². The molecular weight excluding hydrogens is 299 g/mol. The van der Waals surface area contributed by atoms with Gasteiger partial charge in [0.15, 0.2) is 0 Å². The standard InChI is InChI=1S/C18H19FO4/c1-4-22-16(20)14(19)10-13-15(18(13,2)3)17(21)23-11-12-8-6-5-7-9-12/h4-10,13,15H,1,11H2,2-3H3/t13-,15-/m0/s1. The van der Waals surface area contributed by atoms with Crippen LogP contribution in [0, 0.1) is 17.3 Å². The second-order valence-electron chi connectivity index (χ2n) is 6.00. The van der Waals surface area contributed by atoms with Crippen molar-refractivity contribution in [2.45, 2.75) is 20.5 Å². The lowest BCUT2D eigenvalue weighted by atomic mass is 10.1. The first-order valence-corrected chi connectivity index (χ1v) is 7.27. The van der Waals surface area contributed by atoms with E-state index in [1.165, 1.54) is 0 Å². The van der Waals surface area contributed by atoms with Crippen molar-refractivity contribution in [3.05, 3.63) is 60.6 Å². The van der Waals surface area contributed by atoms with Crippen LogP contribution in [0.2, 0.25) is 0 Å². The highest BCUT2D eigenvalue weighted by atomic mass is 19.1. The number of carbonyl (C=O) groups is 2. The topological polar surface area (TPSA) is 52.6 Å². The van der Waals surface area contributed by atoms with Crippen molar-refractivity contribution >= 4 is 11.9 Å². The van der Waals surface area contributed by atoms with Gasteiger partial charge in [-0.2, -0.15) is 4.39 Å². The molecule has 0 bridgehead atoms. The Morgan fingerprint density at radius 1 is 1.30 bits per heavy atom. The number of allylic oxidation sites excluding steroid dienone is 1. The quantitative estimate of drug-likeness (QED) is 0.457. The summed E-state index contributed by atoms with van der Waals surface area (Å²) in [5, 5.41) is 0. The molecule has 23 heavy (non-hydrogen) atoms. The van der Waals surface area contributed by atoms with E-state index in [1.54, 1.807) is 0 Å². The van der Waals surface area contributed by atoms with E-state index in [9.17, 15) is 14.0 Å². The molecule has 0 amide bonds. The second kappa shape index (κ2) is 6.77. The van der Waals surface area contributed by atoms with Crippen LogP contribution in [0.1, 0.15) is 19.4 Å². The summed E-state index contributed by atoms with van der Waals surface area (Å²) in [6.45, 7) is 7.02. The molecule has 122 valence electrons. The van der Waals surface area contributed by atoms with Crippen LogP contribution in [0.4, 0.5) is 4.39 Å². The molecule has 0 radical (unpaired) electrons. The van der Waals surface area contributed by atoms with E-state index in [0.717, 1.165) is 17.9 Å². The monoisotopic (exact) mass is 318 g/mol. The third-order valence-corrected chi connectivity index (χ3v) is 4.10. The van der Waals surface area contributed by atoms with Gasteiger partial charge in [-0.25, -0.2) is 4.79 Å². The van der Waals surface area contributed by atoms with Gasteiger partial charge in [0.1, 0.15) is 6.61 Å². The van der Waals surface area contributed by atoms with Gasteiger partial charge >= 0.3 is 11.9 Å². The molecule has 0 aliphatic heterocycles. The first kappa shape index (κ1) is 16.9. The summed E-state index contributed by atoms with van der Waals surface area (Å²) in [7, 11) is 0. The molecule has 0 aromatic heterocycles. The van der Waals surface area contributed by atoms with E-state index < -0.39 is 35.0 Å². The summed E-state index contributed by atoms with van der Waals surface area (Å²) in [5.41, 5.74) is 0.423. The highest BCUT2D eigenvalue weighted by Gasteiger charge is 2.62. The van der Waals surface area contributed by atoms with Crippen LogP contribution >= 0.6 is 0 Å². The van der Waals surface area contributed by atoms with E-state index in [2.05, 4.69) is 11.3 Å². The second-order valence-corrected chi connectivity index (χ2v) is 6.00. The Morgan fingerprint density at radius 2 is 1.96 bits per heavy atom. The zero-order valence-electron chi connectivity index (χ0n) is 13.1. The first-order chi connectivity index (χ1) is 10.9. The molecule has 0 N–H and O–H groups in total. The van der Waals surface area contributed by atoms with Crippen LogP contribution in [0.3, 0.4) is 0 Å². The van der Waals surface area contributed by atoms with Crippen LogP contribution < -0.4 is 0 Å². The molecule has 0 saturated heterocycles. The van der Waals surface area contributed by atoms with Gasteiger partial charge in [0.05, 0.1) is 12.2 Å². The molecule has 0 spiro atoms. The lowest BCUT2D eigenvalue weighted by molar-refractivity contribution is -0.147. The maximum Gasteiger partial charge on any atom is 0.371 e. The average Bonchev–Trinajstić information content (AvgIpc) is 3.06. The third kappa shape index (κ3) is 3.86. The molecule has 1 aromatic rings. The number of hydrogen-bond acceptors (Lipinski definition) is 4.